The van der Waals surface area contributed by atoms with Gasteiger partial charge in [-0.1, -0.05) is 32.9 Å². The summed E-state index contributed by atoms with van der Waals surface area (Å²) >= 11 is 6.87. The number of ether oxygens (including phenoxy) is 1. The van der Waals surface area contributed by atoms with Crippen LogP contribution in [0.15, 0.2) is 39.4 Å². The van der Waals surface area contributed by atoms with Crippen molar-refractivity contribution >= 4 is 31.9 Å². The van der Waals surface area contributed by atoms with Gasteiger partial charge >= 0.3 is 0 Å². The lowest BCUT2D eigenvalue weighted by Gasteiger charge is -2.23. The average Bonchev–Trinajstić information content (AvgIpc) is 2.31. The maximum Gasteiger partial charge on any atom is 0.233 e. The Morgan fingerprint density at radius 2 is 1.80 bits per heavy atom. The molecule has 0 aliphatic carbocycles. The van der Waals surface area contributed by atoms with Gasteiger partial charge in [0.15, 0.2) is 0 Å². The van der Waals surface area contributed by atoms with Crippen molar-refractivity contribution in [3.63, 3.8) is 0 Å². The molecule has 1 heterocycles. The van der Waals surface area contributed by atoms with Gasteiger partial charge in [-0.3, -0.25) is 0 Å². The van der Waals surface area contributed by atoms with Crippen molar-refractivity contribution in [2.45, 2.75) is 33.1 Å². The van der Waals surface area contributed by atoms with Crippen molar-refractivity contribution in [1.82, 2.24) is 4.98 Å². The van der Waals surface area contributed by atoms with Crippen LogP contribution in [-0.4, -0.2) is 4.98 Å². The summed E-state index contributed by atoms with van der Waals surface area (Å²) in [5.74, 6) is 1.43. The molecule has 0 saturated carbocycles. The minimum Gasteiger partial charge on any atom is -0.438 e. The Kier molecular flexibility index (Phi) is 4.55. The van der Waals surface area contributed by atoms with E-state index < -0.39 is 0 Å². The van der Waals surface area contributed by atoms with E-state index in [1.165, 1.54) is 11.1 Å². The predicted molar refractivity (Wildman–Crippen MR) is 89.6 cm³/mol. The highest BCUT2D eigenvalue weighted by Gasteiger charge is 2.20. The molecular formula is C16H17Br2NO. The Hall–Kier alpha value is -0.870. The normalized spacial score (nSPS) is 11.5. The summed E-state index contributed by atoms with van der Waals surface area (Å²) in [6, 6.07) is 8.21. The lowest BCUT2D eigenvalue weighted by atomic mass is 9.86. The molecule has 0 unspecified atom stereocenters. The van der Waals surface area contributed by atoms with Crippen LogP contribution in [0.3, 0.4) is 0 Å². The summed E-state index contributed by atoms with van der Waals surface area (Å²) in [6.07, 6.45) is 1.73. The number of aryl methyl sites for hydroxylation is 1. The third-order valence-corrected chi connectivity index (χ3v) is 3.93. The van der Waals surface area contributed by atoms with Gasteiger partial charge in [-0.25, -0.2) is 4.98 Å². The number of nitrogens with zero attached hydrogens (tertiary/aromatic N) is 1. The smallest absolute Gasteiger partial charge is 0.233 e. The number of hydrogen-bond acceptors (Lipinski definition) is 2. The van der Waals surface area contributed by atoms with Crippen LogP contribution < -0.4 is 4.74 Å². The fourth-order valence-corrected chi connectivity index (χ4v) is 2.98. The predicted octanol–water partition coefficient (Wildman–Crippen LogP) is 6.00. The van der Waals surface area contributed by atoms with Gasteiger partial charge in [0, 0.05) is 16.2 Å². The lowest BCUT2D eigenvalue weighted by Crippen LogP contribution is -2.12. The molecule has 0 bridgehead atoms. The summed E-state index contributed by atoms with van der Waals surface area (Å²) in [6.45, 7) is 8.58. The molecule has 2 rings (SSSR count). The Morgan fingerprint density at radius 1 is 1.10 bits per heavy atom. The van der Waals surface area contributed by atoms with Crippen LogP contribution in [0.25, 0.3) is 0 Å². The van der Waals surface area contributed by atoms with Crippen molar-refractivity contribution in [2.24, 2.45) is 0 Å². The quantitative estimate of drug-likeness (QED) is 0.618. The van der Waals surface area contributed by atoms with E-state index in [-0.39, 0.29) is 5.41 Å². The van der Waals surface area contributed by atoms with E-state index >= 15 is 0 Å². The second-order valence-electron chi connectivity index (χ2n) is 5.79. The number of halogens is 2. The molecule has 0 N–H and O–H groups in total. The van der Waals surface area contributed by atoms with E-state index in [0.717, 1.165) is 14.7 Å². The van der Waals surface area contributed by atoms with Gasteiger partial charge in [0.25, 0.3) is 0 Å². The van der Waals surface area contributed by atoms with Gasteiger partial charge in [0.1, 0.15) is 5.75 Å². The summed E-state index contributed by atoms with van der Waals surface area (Å²) in [7, 11) is 0. The molecule has 0 aliphatic rings. The van der Waals surface area contributed by atoms with E-state index in [0.29, 0.717) is 5.88 Å². The highest BCUT2D eigenvalue weighted by molar-refractivity contribution is 9.11. The molecule has 0 aliphatic heterocycles. The average molecular weight is 399 g/mol. The van der Waals surface area contributed by atoms with E-state index in [9.17, 15) is 0 Å². The maximum absolute atomic E-state index is 6.02. The Bertz CT molecular complexity index is 633. The van der Waals surface area contributed by atoms with Crippen LogP contribution in [0.4, 0.5) is 0 Å². The van der Waals surface area contributed by atoms with Crippen LogP contribution in [0.1, 0.15) is 31.9 Å². The molecule has 0 saturated heterocycles. The molecular weight excluding hydrogens is 382 g/mol. The van der Waals surface area contributed by atoms with Crippen molar-refractivity contribution in [1.29, 1.82) is 0 Å². The summed E-state index contributed by atoms with van der Waals surface area (Å²) in [4.78, 5) is 4.31. The third kappa shape index (κ3) is 3.61. The molecule has 106 valence electrons. The first kappa shape index (κ1) is 15.5. The van der Waals surface area contributed by atoms with Crippen LogP contribution in [0, 0.1) is 6.92 Å². The highest BCUT2D eigenvalue weighted by atomic mass is 79.9. The second-order valence-corrected chi connectivity index (χ2v) is 7.56. The van der Waals surface area contributed by atoms with Crippen LogP contribution in [0.5, 0.6) is 11.6 Å². The first-order valence-electron chi connectivity index (χ1n) is 6.37. The minimum absolute atomic E-state index is 0.0187. The Labute approximate surface area is 136 Å². The first-order chi connectivity index (χ1) is 9.27. The fourth-order valence-electron chi connectivity index (χ4n) is 1.91. The highest BCUT2D eigenvalue weighted by Crippen LogP contribution is 2.36. The maximum atomic E-state index is 6.02. The van der Waals surface area contributed by atoms with Crippen molar-refractivity contribution in [2.75, 3.05) is 0 Å². The number of rotatable bonds is 2. The first-order valence-corrected chi connectivity index (χ1v) is 7.96. The van der Waals surface area contributed by atoms with Crippen molar-refractivity contribution in [3.8, 4) is 11.6 Å². The zero-order valence-electron chi connectivity index (χ0n) is 12.0. The Balaban J connectivity index is 2.45. The van der Waals surface area contributed by atoms with Crippen LogP contribution in [-0.2, 0) is 5.41 Å². The van der Waals surface area contributed by atoms with Gasteiger partial charge in [-0.2, -0.15) is 0 Å². The molecule has 0 amide bonds. The SMILES string of the molecule is Cc1ccc(C(C)(C)C)c(Oc2ncc(Br)cc2Br)c1. The van der Waals surface area contributed by atoms with Crippen LogP contribution in [0.2, 0.25) is 0 Å². The summed E-state index contributed by atoms with van der Waals surface area (Å²) in [5.41, 5.74) is 2.35. The lowest BCUT2D eigenvalue weighted by molar-refractivity contribution is 0.436. The van der Waals surface area contributed by atoms with E-state index in [2.05, 4.69) is 82.7 Å². The molecule has 0 radical (unpaired) electrons. The van der Waals surface area contributed by atoms with Crippen molar-refractivity contribution in [3.05, 3.63) is 50.5 Å². The molecule has 2 nitrogen and oxygen atoms in total. The largest absolute Gasteiger partial charge is 0.438 e. The third-order valence-electron chi connectivity index (χ3n) is 2.93. The number of aromatic nitrogens is 1. The van der Waals surface area contributed by atoms with Gasteiger partial charge in [-0.15, -0.1) is 0 Å². The minimum atomic E-state index is 0.0187. The Morgan fingerprint density at radius 3 is 2.40 bits per heavy atom. The standard InChI is InChI=1S/C16H17Br2NO/c1-10-5-6-12(16(2,3)4)14(7-10)20-15-13(18)8-11(17)9-19-15/h5-9H,1-4H3. The van der Waals surface area contributed by atoms with Gasteiger partial charge < -0.3 is 4.74 Å². The molecule has 0 fully saturated rings. The van der Waals surface area contributed by atoms with E-state index in [1.807, 2.05) is 6.07 Å². The molecule has 0 spiro atoms. The zero-order valence-corrected chi connectivity index (χ0v) is 15.2. The van der Waals surface area contributed by atoms with Crippen LogP contribution >= 0.6 is 31.9 Å². The van der Waals surface area contributed by atoms with Gasteiger partial charge in [0.05, 0.1) is 4.47 Å². The zero-order chi connectivity index (χ0) is 14.9. The molecule has 0 atom stereocenters. The van der Waals surface area contributed by atoms with Gasteiger partial charge in [0.2, 0.25) is 5.88 Å². The number of pyridine rings is 1. The van der Waals surface area contributed by atoms with Gasteiger partial charge in [-0.05, 0) is 61.9 Å². The fraction of sp³-hybridized carbons (Fsp3) is 0.312. The monoisotopic (exact) mass is 397 g/mol. The molecule has 20 heavy (non-hydrogen) atoms. The van der Waals surface area contributed by atoms with Crippen molar-refractivity contribution < 1.29 is 4.74 Å². The molecule has 1 aromatic carbocycles. The molecule has 2 aromatic rings. The number of hydrogen-bond donors (Lipinski definition) is 0. The van der Waals surface area contributed by atoms with E-state index in [4.69, 9.17) is 4.74 Å². The summed E-state index contributed by atoms with van der Waals surface area (Å²) < 4.78 is 7.76. The number of benzene rings is 1. The van der Waals surface area contributed by atoms with E-state index in [1.54, 1.807) is 6.20 Å². The molecule has 4 heteroatoms. The second kappa shape index (κ2) is 5.86. The summed E-state index contributed by atoms with van der Waals surface area (Å²) in [5, 5.41) is 0. The topological polar surface area (TPSA) is 22.1 Å². The molecule has 1 aromatic heterocycles.